The highest BCUT2D eigenvalue weighted by atomic mass is 79.9. The van der Waals surface area contributed by atoms with E-state index in [0.29, 0.717) is 0 Å². The predicted molar refractivity (Wildman–Crippen MR) is 95.6 cm³/mol. The Morgan fingerprint density at radius 1 is 1.10 bits per heavy atom. The van der Waals surface area contributed by atoms with Crippen molar-refractivity contribution in [2.45, 2.75) is 52.4 Å². The van der Waals surface area contributed by atoms with Gasteiger partial charge in [-0.2, -0.15) is 0 Å². The standard InChI is InChI=1S/C19H30BrN/c1-3-11-21-14-17-8-5-15(4-2)12-18(17)13-16-6-9-19(20)10-7-16/h6-7,9-10,15,17-18,21H,3-5,8,11-14H2,1-2H3. The van der Waals surface area contributed by atoms with Crippen LogP contribution in [0.4, 0.5) is 0 Å². The number of halogens is 1. The highest BCUT2D eigenvalue weighted by molar-refractivity contribution is 9.10. The topological polar surface area (TPSA) is 12.0 Å². The van der Waals surface area contributed by atoms with Crippen molar-refractivity contribution in [1.82, 2.24) is 5.32 Å². The van der Waals surface area contributed by atoms with Gasteiger partial charge in [-0.05, 0) is 74.2 Å². The Morgan fingerprint density at radius 2 is 1.86 bits per heavy atom. The summed E-state index contributed by atoms with van der Waals surface area (Å²) in [4.78, 5) is 0. The maximum Gasteiger partial charge on any atom is 0.0175 e. The minimum absolute atomic E-state index is 0.856. The first-order valence-electron chi connectivity index (χ1n) is 8.68. The smallest absolute Gasteiger partial charge is 0.0175 e. The molecule has 0 radical (unpaired) electrons. The second-order valence-corrected chi connectivity index (χ2v) is 7.56. The lowest BCUT2D eigenvalue weighted by atomic mass is 9.71. The highest BCUT2D eigenvalue weighted by Gasteiger charge is 2.29. The molecule has 1 aromatic rings. The van der Waals surface area contributed by atoms with Crippen molar-refractivity contribution < 1.29 is 0 Å². The largest absolute Gasteiger partial charge is 0.316 e. The Hall–Kier alpha value is -0.340. The van der Waals surface area contributed by atoms with Gasteiger partial charge in [0.05, 0.1) is 0 Å². The number of nitrogens with one attached hydrogen (secondary N) is 1. The summed E-state index contributed by atoms with van der Waals surface area (Å²) in [5.41, 5.74) is 1.50. The summed E-state index contributed by atoms with van der Waals surface area (Å²) in [6.45, 7) is 6.99. The minimum Gasteiger partial charge on any atom is -0.316 e. The van der Waals surface area contributed by atoms with Crippen LogP contribution in [0.15, 0.2) is 28.7 Å². The Morgan fingerprint density at radius 3 is 2.52 bits per heavy atom. The molecule has 1 fully saturated rings. The third kappa shape index (κ3) is 5.41. The van der Waals surface area contributed by atoms with Crippen LogP contribution in [0, 0.1) is 17.8 Å². The lowest BCUT2D eigenvalue weighted by Crippen LogP contribution is -2.34. The normalized spacial score (nSPS) is 26.0. The van der Waals surface area contributed by atoms with E-state index in [1.54, 1.807) is 0 Å². The number of benzene rings is 1. The van der Waals surface area contributed by atoms with E-state index >= 15 is 0 Å². The van der Waals surface area contributed by atoms with Crippen LogP contribution >= 0.6 is 15.9 Å². The second-order valence-electron chi connectivity index (χ2n) is 6.64. The Labute approximate surface area is 139 Å². The fraction of sp³-hybridized carbons (Fsp3) is 0.684. The SMILES string of the molecule is CCCNCC1CCC(CC)CC1Cc1ccc(Br)cc1. The van der Waals surface area contributed by atoms with E-state index < -0.39 is 0 Å². The summed E-state index contributed by atoms with van der Waals surface area (Å²) in [6.07, 6.45) is 8.11. The summed E-state index contributed by atoms with van der Waals surface area (Å²) in [5.74, 6) is 2.67. The summed E-state index contributed by atoms with van der Waals surface area (Å²) in [7, 11) is 0. The number of hydrogen-bond acceptors (Lipinski definition) is 1. The first-order valence-corrected chi connectivity index (χ1v) is 9.47. The summed E-state index contributed by atoms with van der Waals surface area (Å²) < 4.78 is 1.18. The van der Waals surface area contributed by atoms with E-state index in [1.165, 1.54) is 61.7 Å². The average Bonchev–Trinajstić information content (AvgIpc) is 2.51. The third-order valence-electron chi connectivity index (χ3n) is 5.07. The van der Waals surface area contributed by atoms with E-state index in [4.69, 9.17) is 0 Å². The summed E-state index contributed by atoms with van der Waals surface area (Å²) in [5, 5.41) is 3.66. The zero-order valence-electron chi connectivity index (χ0n) is 13.6. The van der Waals surface area contributed by atoms with Crippen LogP contribution < -0.4 is 5.32 Å². The Balaban J connectivity index is 1.96. The van der Waals surface area contributed by atoms with Crippen molar-refractivity contribution in [3.05, 3.63) is 34.3 Å². The molecule has 0 heterocycles. The third-order valence-corrected chi connectivity index (χ3v) is 5.60. The van der Waals surface area contributed by atoms with E-state index in [9.17, 15) is 0 Å². The maximum absolute atomic E-state index is 3.66. The van der Waals surface area contributed by atoms with Crippen LogP contribution in [0.3, 0.4) is 0 Å². The molecular weight excluding hydrogens is 322 g/mol. The molecule has 1 saturated carbocycles. The van der Waals surface area contributed by atoms with E-state index in [0.717, 1.165) is 17.8 Å². The number of rotatable bonds is 7. The van der Waals surface area contributed by atoms with Crippen molar-refractivity contribution in [2.24, 2.45) is 17.8 Å². The van der Waals surface area contributed by atoms with Crippen molar-refractivity contribution in [3.8, 4) is 0 Å². The van der Waals surface area contributed by atoms with Gasteiger partial charge in [-0.15, -0.1) is 0 Å². The van der Waals surface area contributed by atoms with Gasteiger partial charge in [-0.3, -0.25) is 0 Å². The predicted octanol–water partition coefficient (Wildman–Crippen LogP) is 5.43. The zero-order chi connectivity index (χ0) is 15.1. The van der Waals surface area contributed by atoms with Gasteiger partial charge in [0.2, 0.25) is 0 Å². The molecule has 118 valence electrons. The monoisotopic (exact) mass is 351 g/mol. The van der Waals surface area contributed by atoms with Gasteiger partial charge < -0.3 is 5.32 Å². The van der Waals surface area contributed by atoms with Gasteiger partial charge in [0.1, 0.15) is 0 Å². The molecule has 0 saturated heterocycles. The van der Waals surface area contributed by atoms with Crippen LogP contribution in [0.5, 0.6) is 0 Å². The van der Waals surface area contributed by atoms with Crippen LogP contribution in [0.25, 0.3) is 0 Å². The van der Waals surface area contributed by atoms with E-state index in [-0.39, 0.29) is 0 Å². The summed E-state index contributed by atoms with van der Waals surface area (Å²) in [6, 6.07) is 8.94. The van der Waals surface area contributed by atoms with Gasteiger partial charge in [0.25, 0.3) is 0 Å². The van der Waals surface area contributed by atoms with Crippen molar-refractivity contribution in [2.75, 3.05) is 13.1 Å². The van der Waals surface area contributed by atoms with Gasteiger partial charge in [0.15, 0.2) is 0 Å². The van der Waals surface area contributed by atoms with E-state index in [2.05, 4.69) is 59.4 Å². The lowest BCUT2D eigenvalue weighted by molar-refractivity contribution is 0.171. The van der Waals surface area contributed by atoms with Crippen LogP contribution in [0.1, 0.15) is 51.5 Å². The van der Waals surface area contributed by atoms with Crippen molar-refractivity contribution >= 4 is 15.9 Å². The highest BCUT2D eigenvalue weighted by Crippen LogP contribution is 2.37. The first kappa shape index (κ1) is 17.0. The molecule has 0 aliphatic heterocycles. The molecule has 0 bridgehead atoms. The maximum atomic E-state index is 3.66. The van der Waals surface area contributed by atoms with Crippen molar-refractivity contribution in [1.29, 1.82) is 0 Å². The molecule has 21 heavy (non-hydrogen) atoms. The molecule has 1 N–H and O–H groups in total. The molecule has 1 nitrogen and oxygen atoms in total. The molecule has 0 aromatic heterocycles. The second kappa shape index (κ2) is 8.95. The van der Waals surface area contributed by atoms with Crippen LogP contribution in [0.2, 0.25) is 0 Å². The van der Waals surface area contributed by atoms with Crippen LogP contribution in [-0.4, -0.2) is 13.1 Å². The molecule has 1 aliphatic carbocycles. The average molecular weight is 352 g/mol. The lowest BCUT2D eigenvalue weighted by Gasteiger charge is -2.36. The fourth-order valence-corrected chi connectivity index (χ4v) is 3.97. The molecular formula is C19H30BrN. The zero-order valence-corrected chi connectivity index (χ0v) is 15.2. The van der Waals surface area contributed by atoms with Gasteiger partial charge >= 0.3 is 0 Å². The molecule has 3 unspecified atom stereocenters. The van der Waals surface area contributed by atoms with E-state index in [1.807, 2.05) is 0 Å². The fourth-order valence-electron chi connectivity index (χ4n) is 3.70. The molecule has 0 spiro atoms. The van der Waals surface area contributed by atoms with Crippen molar-refractivity contribution in [3.63, 3.8) is 0 Å². The minimum atomic E-state index is 0.856. The number of hydrogen-bond donors (Lipinski definition) is 1. The summed E-state index contributed by atoms with van der Waals surface area (Å²) >= 11 is 3.54. The Bertz CT molecular complexity index is 399. The molecule has 3 atom stereocenters. The first-order chi connectivity index (χ1) is 10.2. The molecule has 0 amide bonds. The molecule has 2 heteroatoms. The van der Waals surface area contributed by atoms with Gasteiger partial charge in [-0.25, -0.2) is 0 Å². The van der Waals surface area contributed by atoms with Gasteiger partial charge in [0, 0.05) is 4.47 Å². The Kier molecular flexibility index (Phi) is 7.25. The quantitative estimate of drug-likeness (QED) is 0.645. The molecule has 2 rings (SSSR count). The van der Waals surface area contributed by atoms with Crippen LogP contribution in [-0.2, 0) is 6.42 Å². The van der Waals surface area contributed by atoms with Gasteiger partial charge in [-0.1, -0.05) is 54.8 Å². The molecule has 1 aromatic carbocycles. The molecule has 1 aliphatic rings.